The minimum Gasteiger partial charge on any atom is -0.491 e. The van der Waals surface area contributed by atoms with Crippen molar-refractivity contribution < 1.29 is 9.13 Å². The summed E-state index contributed by atoms with van der Waals surface area (Å²) < 4.78 is 18.9. The van der Waals surface area contributed by atoms with Gasteiger partial charge in [0.05, 0.1) is 12.1 Å². The molecule has 0 saturated heterocycles. The number of benzene rings is 1. The zero-order valence-corrected chi connectivity index (χ0v) is 10.8. The summed E-state index contributed by atoms with van der Waals surface area (Å²) in [7, 11) is 0. The number of rotatable bonds is 3. The van der Waals surface area contributed by atoms with Crippen LogP contribution >= 0.6 is 0 Å². The molecule has 0 fully saturated rings. The smallest absolute Gasteiger partial charge is 0.167 e. The molecule has 2 rings (SSSR count). The van der Waals surface area contributed by atoms with Crippen molar-refractivity contribution >= 4 is 16.7 Å². The van der Waals surface area contributed by atoms with Gasteiger partial charge in [0.25, 0.3) is 0 Å². The number of ether oxygens (including phenoxy) is 1. The molecule has 3 nitrogen and oxygen atoms in total. The van der Waals surface area contributed by atoms with Gasteiger partial charge in [-0.3, -0.25) is 0 Å². The Morgan fingerprint density at radius 3 is 2.67 bits per heavy atom. The van der Waals surface area contributed by atoms with E-state index < -0.39 is 5.82 Å². The monoisotopic (exact) mass is 248 g/mol. The molecule has 1 aromatic carbocycles. The van der Waals surface area contributed by atoms with Crippen LogP contribution in [0, 0.1) is 5.82 Å². The third-order valence-corrected chi connectivity index (χ3v) is 2.85. The van der Waals surface area contributed by atoms with Crippen LogP contribution in [0.4, 0.5) is 10.2 Å². The number of fused-ring (bicyclic) bond motifs is 1. The SMILES string of the molecule is CCOc1cc2cc(C(C)C)c(N)nc2cc1F. The van der Waals surface area contributed by atoms with Crippen molar-refractivity contribution in [1.82, 2.24) is 4.98 Å². The highest BCUT2D eigenvalue weighted by molar-refractivity contribution is 5.83. The Hall–Kier alpha value is -1.84. The second kappa shape index (κ2) is 4.80. The molecule has 0 aliphatic heterocycles. The molecule has 18 heavy (non-hydrogen) atoms. The molecule has 0 spiro atoms. The average molecular weight is 248 g/mol. The maximum absolute atomic E-state index is 13.7. The molecule has 0 saturated carbocycles. The minimum atomic E-state index is -0.409. The summed E-state index contributed by atoms with van der Waals surface area (Å²) in [5.74, 6) is 0.586. The first-order valence-corrected chi connectivity index (χ1v) is 6.05. The number of pyridine rings is 1. The average Bonchev–Trinajstić information content (AvgIpc) is 2.30. The van der Waals surface area contributed by atoms with Gasteiger partial charge in [0.1, 0.15) is 5.82 Å². The minimum absolute atomic E-state index is 0.256. The molecular weight excluding hydrogens is 231 g/mol. The van der Waals surface area contributed by atoms with E-state index >= 15 is 0 Å². The zero-order valence-electron chi connectivity index (χ0n) is 10.8. The van der Waals surface area contributed by atoms with E-state index in [0.29, 0.717) is 17.9 Å². The van der Waals surface area contributed by atoms with Gasteiger partial charge in [-0.15, -0.1) is 0 Å². The van der Waals surface area contributed by atoms with Gasteiger partial charge in [0.2, 0.25) is 0 Å². The lowest BCUT2D eigenvalue weighted by molar-refractivity contribution is 0.322. The summed E-state index contributed by atoms with van der Waals surface area (Å²) >= 11 is 0. The molecule has 1 aromatic heterocycles. The first-order chi connectivity index (χ1) is 8.52. The quantitative estimate of drug-likeness (QED) is 0.904. The summed E-state index contributed by atoms with van der Waals surface area (Å²) in [6.45, 7) is 6.35. The Balaban J connectivity index is 2.63. The summed E-state index contributed by atoms with van der Waals surface area (Å²) in [5, 5.41) is 0.845. The highest BCUT2D eigenvalue weighted by atomic mass is 19.1. The van der Waals surface area contributed by atoms with Crippen molar-refractivity contribution in [2.75, 3.05) is 12.3 Å². The molecule has 2 aromatic rings. The lowest BCUT2D eigenvalue weighted by atomic mass is 10.0. The van der Waals surface area contributed by atoms with Gasteiger partial charge in [0, 0.05) is 11.5 Å². The third kappa shape index (κ3) is 2.23. The van der Waals surface area contributed by atoms with Crippen molar-refractivity contribution in [3.63, 3.8) is 0 Å². The lowest BCUT2D eigenvalue weighted by Crippen LogP contribution is -2.01. The molecular formula is C14H17FN2O. The molecule has 0 aliphatic carbocycles. The molecule has 96 valence electrons. The fourth-order valence-corrected chi connectivity index (χ4v) is 1.94. The van der Waals surface area contributed by atoms with E-state index in [1.165, 1.54) is 6.07 Å². The van der Waals surface area contributed by atoms with E-state index in [-0.39, 0.29) is 11.7 Å². The standard InChI is InChI=1S/C14H17FN2O/c1-4-18-13-6-9-5-10(8(2)3)14(16)17-12(9)7-11(13)15/h5-8H,4H2,1-3H3,(H2,16,17). The third-order valence-electron chi connectivity index (χ3n) is 2.85. The van der Waals surface area contributed by atoms with Crippen molar-refractivity contribution in [3.05, 3.63) is 29.6 Å². The molecule has 4 heteroatoms. The van der Waals surface area contributed by atoms with Crippen LogP contribution in [0.25, 0.3) is 10.9 Å². The van der Waals surface area contributed by atoms with Crippen LogP contribution in [0.5, 0.6) is 5.75 Å². The van der Waals surface area contributed by atoms with Crippen LogP contribution in [-0.2, 0) is 0 Å². The normalized spacial score (nSPS) is 11.2. The fourth-order valence-electron chi connectivity index (χ4n) is 1.94. The first kappa shape index (κ1) is 12.6. The molecule has 0 aliphatic rings. The Labute approximate surface area is 106 Å². The first-order valence-electron chi connectivity index (χ1n) is 6.05. The summed E-state index contributed by atoms with van der Waals surface area (Å²) in [6.07, 6.45) is 0. The Morgan fingerprint density at radius 2 is 2.06 bits per heavy atom. The number of halogens is 1. The van der Waals surface area contributed by atoms with Gasteiger partial charge in [-0.05, 0) is 30.5 Å². The second-order valence-electron chi connectivity index (χ2n) is 4.53. The predicted octanol–water partition coefficient (Wildman–Crippen LogP) is 3.48. The highest BCUT2D eigenvalue weighted by Gasteiger charge is 2.11. The Bertz CT molecular complexity index is 582. The highest BCUT2D eigenvalue weighted by Crippen LogP contribution is 2.29. The molecule has 1 heterocycles. The largest absolute Gasteiger partial charge is 0.491 e. The van der Waals surface area contributed by atoms with Gasteiger partial charge < -0.3 is 10.5 Å². The lowest BCUT2D eigenvalue weighted by Gasteiger charge is -2.11. The molecule has 2 N–H and O–H groups in total. The Kier molecular flexibility index (Phi) is 3.36. The molecule has 0 unspecified atom stereocenters. The van der Waals surface area contributed by atoms with Gasteiger partial charge in [-0.25, -0.2) is 9.37 Å². The van der Waals surface area contributed by atoms with E-state index in [2.05, 4.69) is 4.98 Å². The summed E-state index contributed by atoms with van der Waals surface area (Å²) in [5.41, 5.74) is 7.39. The predicted molar refractivity (Wildman–Crippen MR) is 71.4 cm³/mol. The van der Waals surface area contributed by atoms with E-state index in [1.807, 2.05) is 26.8 Å². The summed E-state index contributed by atoms with van der Waals surface area (Å²) in [4.78, 5) is 4.24. The van der Waals surface area contributed by atoms with Crippen molar-refractivity contribution in [2.24, 2.45) is 0 Å². The second-order valence-corrected chi connectivity index (χ2v) is 4.53. The van der Waals surface area contributed by atoms with E-state index in [4.69, 9.17) is 10.5 Å². The number of hydrogen-bond donors (Lipinski definition) is 1. The molecule has 0 radical (unpaired) electrons. The van der Waals surface area contributed by atoms with Crippen LogP contribution in [0.15, 0.2) is 18.2 Å². The Morgan fingerprint density at radius 1 is 1.33 bits per heavy atom. The van der Waals surface area contributed by atoms with Crippen LogP contribution in [0.3, 0.4) is 0 Å². The topological polar surface area (TPSA) is 48.1 Å². The van der Waals surface area contributed by atoms with E-state index in [9.17, 15) is 4.39 Å². The summed E-state index contributed by atoms with van der Waals surface area (Å²) in [6, 6.07) is 4.98. The van der Waals surface area contributed by atoms with Crippen LogP contribution in [0.1, 0.15) is 32.3 Å². The number of nitrogens with zero attached hydrogens (tertiary/aromatic N) is 1. The maximum Gasteiger partial charge on any atom is 0.167 e. The van der Waals surface area contributed by atoms with Crippen molar-refractivity contribution in [2.45, 2.75) is 26.7 Å². The number of nitrogen functional groups attached to an aromatic ring is 1. The molecule has 0 bridgehead atoms. The van der Waals surface area contributed by atoms with Crippen LogP contribution < -0.4 is 10.5 Å². The van der Waals surface area contributed by atoms with Gasteiger partial charge in [0.15, 0.2) is 11.6 Å². The number of aromatic nitrogens is 1. The zero-order chi connectivity index (χ0) is 13.3. The number of anilines is 1. The molecule has 0 atom stereocenters. The van der Waals surface area contributed by atoms with Crippen LogP contribution in [0.2, 0.25) is 0 Å². The van der Waals surface area contributed by atoms with E-state index in [0.717, 1.165) is 10.9 Å². The fraction of sp³-hybridized carbons (Fsp3) is 0.357. The van der Waals surface area contributed by atoms with Gasteiger partial charge in [-0.1, -0.05) is 13.8 Å². The molecule has 0 amide bonds. The number of hydrogen-bond acceptors (Lipinski definition) is 3. The number of nitrogens with two attached hydrogens (primary N) is 1. The van der Waals surface area contributed by atoms with E-state index in [1.54, 1.807) is 6.07 Å². The van der Waals surface area contributed by atoms with Crippen molar-refractivity contribution in [3.8, 4) is 5.75 Å². The van der Waals surface area contributed by atoms with Gasteiger partial charge in [-0.2, -0.15) is 0 Å². The van der Waals surface area contributed by atoms with Gasteiger partial charge >= 0.3 is 0 Å². The van der Waals surface area contributed by atoms with Crippen LogP contribution in [-0.4, -0.2) is 11.6 Å². The van der Waals surface area contributed by atoms with Crippen molar-refractivity contribution in [1.29, 1.82) is 0 Å². The maximum atomic E-state index is 13.7.